The molecule has 2 aromatic rings. The first-order chi connectivity index (χ1) is 7.36. The zero-order chi connectivity index (χ0) is 10.3. The topological polar surface area (TPSA) is 29.3 Å². The molecule has 0 unspecified atom stereocenters. The van der Waals surface area contributed by atoms with Gasteiger partial charge in [-0.2, -0.15) is 0 Å². The standard InChI is InChI=1S/C13H12N2/c14-15-9-10-5-1-2-6-11(10)12-7-3-4-8-13(12)15/h1-8H,9,14H2. The van der Waals surface area contributed by atoms with Gasteiger partial charge in [0, 0.05) is 5.56 Å². The molecule has 0 aliphatic carbocycles. The smallest absolute Gasteiger partial charge is 0.0599 e. The van der Waals surface area contributed by atoms with Crippen molar-refractivity contribution in [2.45, 2.75) is 6.54 Å². The molecule has 0 radical (unpaired) electrons. The Balaban J connectivity index is 2.30. The van der Waals surface area contributed by atoms with Crippen molar-refractivity contribution in [1.29, 1.82) is 0 Å². The minimum Gasteiger partial charge on any atom is -0.306 e. The monoisotopic (exact) mass is 196 g/mol. The van der Waals surface area contributed by atoms with E-state index in [1.165, 1.54) is 16.7 Å². The number of hydrazine groups is 1. The van der Waals surface area contributed by atoms with E-state index in [-0.39, 0.29) is 0 Å². The zero-order valence-corrected chi connectivity index (χ0v) is 8.35. The number of hydrogen-bond acceptors (Lipinski definition) is 2. The molecule has 2 aromatic carbocycles. The molecule has 0 spiro atoms. The van der Waals surface area contributed by atoms with Gasteiger partial charge in [0.15, 0.2) is 0 Å². The van der Waals surface area contributed by atoms with Gasteiger partial charge < -0.3 is 5.01 Å². The van der Waals surface area contributed by atoms with Crippen LogP contribution in [0.4, 0.5) is 5.69 Å². The van der Waals surface area contributed by atoms with Gasteiger partial charge in [0.05, 0.1) is 12.2 Å². The molecule has 1 heterocycles. The lowest BCUT2D eigenvalue weighted by atomic mass is 9.94. The Labute approximate surface area is 88.9 Å². The molecule has 1 aliphatic heterocycles. The summed E-state index contributed by atoms with van der Waals surface area (Å²) in [5.74, 6) is 5.99. The molecule has 0 amide bonds. The van der Waals surface area contributed by atoms with Crippen LogP contribution in [0.5, 0.6) is 0 Å². The molecular weight excluding hydrogens is 184 g/mol. The maximum Gasteiger partial charge on any atom is 0.0599 e. The van der Waals surface area contributed by atoms with E-state index in [1.807, 2.05) is 6.07 Å². The van der Waals surface area contributed by atoms with Crippen LogP contribution in [0, 0.1) is 0 Å². The van der Waals surface area contributed by atoms with Gasteiger partial charge >= 0.3 is 0 Å². The number of fused-ring (bicyclic) bond motifs is 3. The van der Waals surface area contributed by atoms with Crippen LogP contribution in [0.2, 0.25) is 0 Å². The highest BCUT2D eigenvalue weighted by Crippen LogP contribution is 2.36. The first kappa shape index (κ1) is 8.50. The molecule has 0 saturated carbocycles. The summed E-state index contributed by atoms with van der Waals surface area (Å²) in [5.41, 5.74) is 4.92. The van der Waals surface area contributed by atoms with E-state index in [0.717, 1.165) is 12.2 Å². The molecule has 2 nitrogen and oxygen atoms in total. The van der Waals surface area contributed by atoms with Gasteiger partial charge in [0.1, 0.15) is 0 Å². The fourth-order valence-electron chi connectivity index (χ4n) is 2.14. The summed E-state index contributed by atoms with van der Waals surface area (Å²) in [4.78, 5) is 0. The van der Waals surface area contributed by atoms with E-state index >= 15 is 0 Å². The molecular formula is C13H12N2. The molecule has 74 valence electrons. The fourth-order valence-corrected chi connectivity index (χ4v) is 2.14. The maximum atomic E-state index is 5.99. The summed E-state index contributed by atoms with van der Waals surface area (Å²) < 4.78 is 0. The lowest BCUT2D eigenvalue weighted by Crippen LogP contribution is -2.32. The van der Waals surface area contributed by atoms with Crippen molar-refractivity contribution in [3.63, 3.8) is 0 Å². The third-order valence-electron chi connectivity index (χ3n) is 2.86. The van der Waals surface area contributed by atoms with E-state index in [0.29, 0.717) is 0 Å². The highest BCUT2D eigenvalue weighted by Gasteiger charge is 2.18. The van der Waals surface area contributed by atoms with Crippen molar-refractivity contribution < 1.29 is 0 Å². The van der Waals surface area contributed by atoms with Crippen molar-refractivity contribution in [3.05, 3.63) is 54.1 Å². The second-order valence-corrected chi connectivity index (χ2v) is 3.80. The Morgan fingerprint density at radius 1 is 0.867 bits per heavy atom. The van der Waals surface area contributed by atoms with Crippen molar-refractivity contribution >= 4 is 5.69 Å². The van der Waals surface area contributed by atoms with Crippen LogP contribution in [0.15, 0.2) is 48.5 Å². The summed E-state index contributed by atoms with van der Waals surface area (Å²) in [5, 5.41) is 1.80. The molecule has 0 fully saturated rings. The lowest BCUT2D eigenvalue weighted by Gasteiger charge is -2.28. The Morgan fingerprint density at radius 2 is 1.53 bits per heavy atom. The summed E-state index contributed by atoms with van der Waals surface area (Å²) in [7, 11) is 0. The van der Waals surface area contributed by atoms with E-state index < -0.39 is 0 Å². The van der Waals surface area contributed by atoms with Gasteiger partial charge in [-0.1, -0.05) is 42.5 Å². The molecule has 1 aliphatic rings. The predicted octanol–water partition coefficient (Wildman–Crippen LogP) is 2.55. The minimum absolute atomic E-state index is 0.785. The van der Waals surface area contributed by atoms with Crippen LogP contribution in [0.1, 0.15) is 5.56 Å². The highest BCUT2D eigenvalue weighted by atomic mass is 15.4. The number of anilines is 1. The van der Waals surface area contributed by atoms with Crippen molar-refractivity contribution in [3.8, 4) is 11.1 Å². The van der Waals surface area contributed by atoms with Gasteiger partial charge in [-0.05, 0) is 17.2 Å². The van der Waals surface area contributed by atoms with Crippen LogP contribution in [0.25, 0.3) is 11.1 Å². The average Bonchev–Trinajstić information content (AvgIpc) is 2.30. The minimum atomic E-state index is 0.785. The summed E-state index contributed by atoms with van der Waals surface area (Å²) in [6.45, 7) is 0.785. The number of benzene rings is 2. The van der Waals surface area contributed by atoms with E-state index in [9.17, 15) is 0 Å². The largest absolute Gasteiger partial charge is 0.306 e. The van der Waals surface area contributed by atoms with E-state index in [1.54, 1.807) is 5.01 Å². The molecule has 0 atom stereocenters. The average molecular weight is 196 g/mol. The lowest BCUT2D eigenvalue weighted by molar-refractivity contribution is 0.843. The summed E-state index contributed by atoms with van der Waals surface area (Å²) in [6.07, 6.45) is 0. The van der Waals surface area contributed by atoms with Crippen LogP contribution >= 0.6 is 0 Å². The quantitative estimate of drug-likeness (QED) is 0.656. The van der Waals surface area contributed by atoms with E-state index in [2.05, 4.69) is 42.5 Å². The molecule has 0 aromatic heterocycles. The number of hydrogen-bond donors (Lipinski definition) is 1. The van der Waals surface area contributed by atoms with Crippen LogP contribution < -0.4 is 10.9 Å². The normalized spacial score (nSPS) is 13.3. The van der Waals surface area contributed by atoms with Gasteiger partial charge in [0.2, 0.25) is 0 Å². The number of rotatable bonds is 0. The maximum absolute atomic E-state index is 5.99. The first-order valence-electron chi connectivity index (χ1n) is 5.06. The van der Waals surface area contributed by atoms with Gasteiger partial charge in [-0.25, -0.2) is 5.84 Å². The third-order valence-corrected chi connectivity index (χ3v) is 2.86. The van der Waals surface area contributed by atoms with Crippen molar-refractivity contribution in [2.24, 2.45) is 5.84 Å². The SMILES string of the molecule is NN1Cc2ccccc2-c2ccccc21. The van der Waals surface area contributed by atoms with Gasteiger partial charge in [-0.15, -0.1) is 0 Å². The Morgan fingerprint density at radius 3 is 2.40 bits per heavy atom. The summed E-state index contributed by atoms with van der Waals surface area (Å²) in [6, 6.07) is 16.7. The predicted molar refractivity (Wildman–Crippen MR) is 62.2 cm³/mol. The number of nitrogens with two attached hydrogens (primary N) is 1. The first-order valence-corrected chi connectivity index (χ1v) is 5.06. The molecule has 0 saturated heterocycles. The molecule has 2 heteroatoms. The third kappa shape index (κ3) is 1.22. The highest BCUT2D eigenvalue weighted by molar-refractivity contribution is 5.83. The molecule has 0 bridgehead atoms. The summed E-state index contributed by atoms with van der Waals surface area (Å²) >= 11 is 0. The molecule has 15 heavy (non-hydrogen) atoms. The molecule has 3 rings (SSSR count). The van der Waals surface area contributed by atoms with Gasteiger partial charge in [0.25, 0.3) is 0 Å². The second-order valence-electron chi connectivity index (χ2n) is 3.80. The van der Waals surface area contributed by atoms with Crippen LogP contribution in [-0.4, -0.2) is 0 Å². The van der Waals surface area contributed by atoms with Crippen molar-refractivity contribution in [1.82, 2.24) is 0 Å². The number of para-hydroxylation sites is 1. The second kappa shape index (κ2) is 3.11. The van der Waals surface area contributed by atoms with Gasteiger partial charge in [-0.3, -0.25) is 0 Å². The fraction of sp³-hybridized carbons (Fsp3) is 0.0769. The Kier molecular flexibility index (Phi) is 1.76. The number of nitrogens with zero attached hydrogens (tertiary/aromatic N) is 1. The Hall–Kier alpha value is -1.80. The zero-order valence-electron chi connectivity index (χ0n) is 8.35. The van der Waals surface area contributed by atoms with Crippen LogP contribution in [-0.2, 0) is 6.54 Å². The van der Waals surface area contributed by atoms with Crippen LogP contribution in [0.3, 0.4) is 0 Å². The molecule has 2 N–H and O–H groups in total. The van der Waals surface area contributed by atoms with E-state index in [4.69, 9.17) is 5.84 Å². The van der Waals surface area contributed by atoms with Crippen molar-refractivity contribution in [2.75, 3.05) is 5.01 Å². The Bertz CT molecular complexity index is 505.